The number of ether oxygens (including phenoxy) is 1. The Hall–Kier alpha value is -6.07. The third-order valence-electron chi connectivity index (χ3n) is 4.52. The van der Waals surface area contributed by atoms with Gasteiger partial charge in [0.25, 0.3) is 5.69 Å². The van der Waals surface area contributed by atoms with E-state index in [1.54, 1.807) is 0 Å². The molecule has 0 saturated carbocycles. The van der Waals surface area contributed by atoms with Crippen LogP contribution in [0.5, 0.6) is 0 Å². The fraction of sp³-hybridized carbons (Fsp3) is 0.208. The number of rotatable bonds is 13. The third-order valence-corrected chi connectivity index (χ3v) is 4.52. The first kappa shape index (κ1) is 35.9. The number of esters is 1. The zero-order chi connectivity index (χ0) is 32.4. The van der Waals surface area contributed by atoms with E-state index in [-0.39, 0.29) is 47.2 Å². The quantitative estimate of drug-likeness (QED) is 0.0731. The number of nitro groups is 1. The SMILES string of the molecule is O=C(O)CCC(=O)O.O=C(O)CCC(=O)OCc1ccc(C(=O)O)cc1[N+](=O)[O-].O=Cc1ccc(C(=O)O)cc1N=O. The van der Waals surface area contributed by atoms with Gasteiger partial charge < -0.3 is 30.3 Å². The van der Waals surface area contributed by atoms with Gasteiger partial charge in [-0.15, -0.1) is 4.91 Å². The maximum atomic E-state index is 11.2. The number of aldehydes is 1. The first-order chi connectivity index (χ1) is 19.6. The minimum absolute atomic E-state index is 0.0219. The van der Waals surface area contributed by atoms with Crippen LogP contribution in [0.4, 0.5) is 11.4 Å². The summed E-state index contributed by atoms with van der Waals surface area (Å²) in [6.07, 6.45) is -0.901. The minimum atomic E-state index is -1.32. The number of nitrogens with zero attached hydrogens (tertiary/aromatic N) is 2. The van der Waals surface area contributed by atoms with E-state index in [9.17, 15) is 48.6 Å². The summed E-state index contributed by atoms with van der Waals surface area (Å²) in [5, 5.41) is 54.9. The van der Waals surface area contributed by atoms with Gasteiger partial charge in [-0.3, -0.25) is 34.1 Å². The van der Waals surface area contributed by atoms with Gasteiger partial charge in [-0.25, -0.2) is 9.59 Å². The molecule has 0 aliphatic heterocycles. The molecule has 0 aliphatic rings. The van der Waals surface area contributed by atoms with E-state index >= 15 is 0 Å². The van der Waals surface area contributed by atoms with Gasteiger partial charge in [0, 0.05) is 11.6 Å². The molecule has 2 aromatic rings. The van der Waals surface area contributed by atoms with Crippen LogP contribution in [0.1, 0.15) is 62.3 Å². The van der Waals surface area contributed by atoms with Gasteiger partial charge >= 0.3 is 35.8 Å². The Morgan fingerprint density at radius 1 is 0.786 bits per heavy atom. The van der Waals surface area contributed by atoms with Gasteiger partial charge in [0.2, 0.25) is 0 Å². The van der Waals surface area contributed by atoms with Gasteiger partial charge in [0.05, 0.1) is 47.3 Å². The van der Waals surface area contributed by atoms with Crippen molar-refractivity contribution in [2.24, 2.45) is 5.18 Å². The van der Waals surface area contributed by atoms with Crippen molar-refractivity contribution in [3.8, 4) is 0 Å². The molecule has 0 amide bonds. The second kappa shape index (κ2) is 18.3. The summed E-state index contributed by atoms with van der Waals surface area (Å²) in [5.74, 6) is -6.61. The number of hydrogen-bond donors (Lipinski definition) is 5. The molecule has 0 saturated heterocycles. The Morgan fingerprint density at radius 3 is 1.69 bits per heavy atom. The number of carboxylic acid groups (broad SMARTS) is 5. The molecule has 2 aromatic carbocycles. The van der Waals surface area contributed by atoms with Crippen molar-refractivity contribution in [3.05, 3.63) is 73.7 Å². The predicted molar refractivity (Wildman–Crippen MR) is 135 cm³/mol. The van der Waals surface area contributed by atoms with E-state index in [4.69, 9.17) is 30.3 Å². The first-order valence-corrected chi connectivity index (χ1v) is 11.1. The highest BCUT2D eigenvalue weighted by Gasteiger charge is 2.18. The molecule has 0 heterocycles. The van der Waals surface area contributed by atoms with Crippen LogP contribution in [-0.2, 0) is 30.5 Å². The van der Waals surface area contributed by atoms with Crippen molar-refractivity contribution in [1.29, 1.82) is 0 Å². The van der Waals surface area contributed by atoms with Gasteiger partial charge in [-0.2, -0.15) is 0 Å². The van der Waals surface area contributed by atoms with Gasteiger partial charge in [0.15, 0.2) is 6.29 Å². The number of aliphatic carboxylic acids is 3. The lowest BCUT2D eigenvalue weighted by atomic mass is 10.1. The standard InChI is InChI=1S/C12H11NO8.C8H5NO4.C4H6O4/c14-10(15)3-4-11(16)21-6-8-2-1-7(12(17)18)5-9(8)13(19)20;10-4-6-2-1-5(8(11)12)3-7(6)9-13;5-3(6)1-2-4(7)8/h1-2,5H,3-4,6H2,(H,14,15)(H,17,18);1-4H,(H,11,12);1-2H2,(H,5,6)(H,7,8). The molecule has 0 bridgehead atoms. The maximum absolute atomic E-state index is 11.2. The molecular weight excluding hydrogens is 572 g/mol. The number of nitro benzene ring substituents is 1. The number of carboxylic acids is 5. The summed E-state index contributed by atoms with van der Waals surface area (Å²) in [6.45, 7) is -0.436. The highest BCUT2D eigenvalue weighted by Crippen LogP contribution is 2.22. The van der Waals surface area contributed by atoms with Crippen LogP contribution >= 0.6 is 0 Å². The molecular formula is C24H22N2O16. The lowest BCUT2D eigenvalue weighted by molar-refractivity contribution is -0.385. The van der Waals surface area contributed by atoms with Crippen LogP contribution in [0.25, 0.3) is 0 Å². The summed E-state index contributed by atoms with van der Waals surface area (Å²) >= 11 is 0. The van der Waals surface area contributed by atoms with Crippen molar-refractivity contribution in [2.75, 3.05) is 0 Å². The van der Waals surface area contributed by atoms with Gasteiger partial charge in [0.1, 0.15) is 12.3 Å². The van der Waals surface area contributed by atoms with Crippen LogP contribution in [0.2, 0.25) is 0 Å². The average Bonchev–Trinajstić information content (AvgIpc) is 2.93. The Kier molecular flexibility index (Phi) is 15.6. The van der Waals surface area contributed by atoms with Crippen LogP contribution in [0.3, 0.4) is 0 Å². The summed E-state index contributed by atoms with van der Waals surface area (Å²) in [7, 11) is 0. The lowest BCUT2D eigenvalue weighted by Gasteiger charge is -2.06. The second-order valence-corrected chi connectivity index (χ2v) is 7.54. The summed E-state index contributed by atoms with van der Waals surface area (Å²) in [6, 6.07) is 6.72. The van der Waals surface area contributed by atoms with E-state index in [0.29, 0.717) is 6.29 Å². The molecule has 0 unspecified atom stereocenters. The van der Waals surface area contributed by atoms with Crippen LogP contribution in [-0.4, -0.2) is 72.6 Å². The van der Waals surface area contributed by atoms with Gasteiger partial charge in [-0.05, 0) is 35.5 Å². The van der Waals surface area contributed by atoms with Crippen molar-refractivity contribution < 1.29 is 68.8 Å². The van der Waals surface area contributed by atoms with Crippen molar-refractivity contribution >= 4 is 53.5 Å². The number of hydrogen-bond acceptors (Lipinski definition) is 12. The molecule has 224 valence electrons. The monoisotopic (exact) mass is 594 g/mol. The van der Waals surface area contributed by atoms with E-state index in [0.717, 1.165) is 18.2 Å². The Bertz CT molecular complexity index is 1350. The zero-order valence-electron chi connectivity index (χ0n) is 21.2. The molecule has 2 rings (SSSR count). The van der Waals surface area contributed by atoms with Crippen molar-refractivity contribution in [3.63, 3.8) is 0 Å². The molecule has 0 radical (unpaired) electrons. The van der Waals surface area contributed by atoms with Gasteiger partial charge in [-0.1, -0.05) is 0 Å². The fourth-order valence-corrected chi connectivity index (χ4v) is 2.50. The number of carbonyl (C=O) groups excluding carboxylic acids is 2. The molecule has 42 heavy (non-hydrogen) atoms. The Morgan fingerprint density at radius 2 is 1.26 bits per heavy atom. The summed E-state index contributed by atoms with van der Waals surface area (Å²) in [4.78, 5) is 92.5. The molecule has 18 heteroatoms. The van der Waals surface area contributed by atoms with E-state index < -0.39 is 59.5 Å². The van der Waals surface area contributed by atoms with Crippen molar-refractivity contribution in [2.45, 2.75) is 32.3 Å². The average molecular weight is 594 g/mol. The number of benzene rings is 2. The molecule has 18 nitrogen and oxygen atoms in total. The fourth-order valence-electron chi connectivity index (χ4n) is 2.50. The molecule has 0 fully saturated rings. The minimum Gasteiger partial charge on any atom is -0.481 e. The largest absolute Gasteiger partial charge is 0.481 e. The predicted octanol–water partition coefficient (Wildman–Crippen LogP) is 2.73. The van der Waals surface area contributed by atoms with E-state index in [1.165, 1.54) is 18.2 Å². The molecule has 0 spiro atoms. The van der Waals surface area contributed by atoms with E-state index in [2.05, 4.69) is 5.18 Å². The number of carbonyl (C=O) groups is 7. The maximum Gasteiger partial charge on any atom is 0.335 e. The smallest absolute Gasteiger partial charge is 0.335 e. The van der Waals surface area contributed by atoms with E-state index in [1.807, 2.05) is 0 Å². The molecule has 0 aromatic heterocycles. The highest BCUT2D eigenvalue weighted by molar-refractivity contribution is 5.92. The molecule has 0 atom stereocenters. The first-order valence-electron chi connectivity index (χ1n) is 11.1. The highest BCUT2D eigenvalue weighted by atomic mass is 16.6. The zero-order valence-corrected chi connectivity index (χ0v) is 21.2. The lowest BCUT2D eigenvalue weighted by Crippen LogP contribution is -2.09. The van der Waals surface area contributed by atoms with Crippen LogP contribution in [0, 0.1) is 15.0 Å². The normalized spacial score (nSPS) is 9.43. The Balaban J connectivity index is 0.000000678. The Labute approximate surface area is 233 Å². The second-order valence-electron chi connectivity index (χ2n) is 7.54. The topological polar surface area (TPSA) is 302 Å². The summed E-state index contributed by atoms with van der Waals surface area (Å²) in [5.41, 5.74) is -0.868. The summed E-state index contributed by atoms with van der Waals surface area (Å²) < 4.78 is 4.72. The molecule has 0 aliphatic carbocycles. The number of nitroso groups, excluding NO2 is 1. The van der Waals surface area contributed by atoms with Crippen molar-refractivity contribution in [1.82, 2.24) is 0 Å². The third kappa shape index (κ3) is 14.2. The van der Waals surface area contributed by atoms with Crippen LogP contribution < -0.4 is 0 Å². The number of aromatic carboxylic acids is 2. The molecule has 5 N–H and O–H groups in total. The van der Waals surface area contributed by atoms with Crippen LogP contribution in [0.15, 0.2) is 41.6 Å².